The fourth-order valence-electron chi connectivity index (χ4n) is 4.99. The highest BCUT2D eigenvalue weighted by atomic mass is 32.2. The molecule has 2 aliphatic rings. The third-order valence-corrected chi connectivity index (χ3v) is 8.36. The number of thioether (sulfide) groups is 1. The van der Waals surface area contributed by atoms with Gasteiger partial charge in [0.25, 0.3) is 16.8 Å². The van der Waals surface area contributed by atoms with Crippen LogP contribution in [0.4, 0.5) is 21.5 Å². The van der Waals surface area contributed by atoms with Gasteiger partial charge in [0, 0.05) is 11.8 Å². The molecule has 2 aromatic carbocycles. The molecule has 5 rings (SSSR count). The first kappa shape index (κ1) is 25.1. The molecule has 2 aliphatic heterocycles. The van der Waals surface area contributed by atoms with Crippen LogP contribution in [0.5, 0.6) is 0 Å². The molecule has 37 heavy (non-hydrogen) atoms. The first-order valence-corrected chi connectivity index (χ1v) is 13.2. The molecule has 0 unspecified atom stereocenters. The fraction of sp³-hybridized carbons (Fsp3) is 0.385. The minimum absolute atomic E-state index is 0.0400. The Kier molecular flexibility index (Phi) is 6.80. The Morgan fingerprint density at radius 1 is 1.14 bits per heavy atom. The van der Waals surface area contributed by atoms with Gasteiger partial charge in [-0.3, -0.25) is 14.4 Å². The maximum atomic E-state index is 15.4. The average molecular weight is 528 g/mol. The maximum absolute atomic E-state index is 15.4. The summed E-state index contributed by atoms with van der Waals surface area (Å²) in [5, 5.41) is 15.4. The van der Waals surface area contributed by atoms with Gasteiger partial charge >= 0.3 is 5.97 Å². The number of aryl methyl sites for hydroxylation is 1. The zero-order valence-electron chi connectivity index (χ0n) is 20.1. The number of benzene rings is 1. The summed E-state index contributed by atoms with van der Waals surface area (Å²) in [6.45, 7) is 2.04. The van der Waals surface area contributed by atoms with E-state index in [1.54, 1.807) is 11.8 Å². The highest BCUT2D eigenvalue weighted by Crippen LogP contribution is 2.39. The van der Waals surface area contributed by atoms with Crippen LogP contribution in [0.2, 0.25) is 0 Å². The number of furan rings is 1. The van der Waals surface area contributed by atoms with Crippen molar-refractivity contribution < 1.29 is 23.5 Å². The minimum atomic E-state index is -1.14. The van der Waals surface area contributed by atoms with Crippen molar-refractivity contribution in [2.75, 3.05) is 22.9 Å². The smallest absolute Gasteiger partial charge is 0.326 e. The number of carbonyl (C=O) groups excluding carboxylic acids is 1. The summed E-state index contributed by atoms with van der Waals surface area (Å²) >= 11 is 1.75. The van der Waals surface area contributed by atoms with E-state index in [-0.39, 0.29) is 40.5 Å². The summed E-state index contributed by atoms with van der Waals surface area (Å²) < 4.78 is 21.3. The van der Waals surface area contributed by atoms with Gasteiger partial charge in [-0.25, -0.2) is 9.18 Å². The number of carbonyl (C=O) groups is 2. The maximum Gasteiger partial charge on any atom is 0.326 e. The highest BCUT2D eigenvalue weighted by Gasteiger charge is 2.36. The third kappa shape index (κ3) is 4.63. The number of carboxylic acids is 1. The lowest BCUT2D eigenvalue weighted by molar-refractivity contribution is -0.141. The van der Waals surface area contributed by atoms with E-state index < -0.39 is 34.6 Å². The second kappa shape index (κ2) is 10.0. The van der Waals surface area contributed by atoms with Crippen molar-refractivity contribution in [1.82, 2.24) is 4.90 Å². The number of carboxylic acid groups (broad SMARTS) is 1. The topological polar surface area (TPSA) is 129 Å². The number of amides is 1. The van der Waals surface area contributed by atoms with Crippen LogP contribution in [-0.2, 0) is 4.79 Å². The van der Waals surface area contributed by atoms with E-state index in [1.165, 1.54) is 18.2 Å². The Bertz CT molecular complexity index is 1420. The van der Waals surface area contributed by atoms with Crippen LogP contribution >= 0.6 is 11.8 Å². The van der Waals surface area contributed by atoms with Crippen molar-refractivity contribution in [3.63, 3.8) is 0 Å². The summed E-state index contributed by atoms with van der Waals surface area (Å²) in [5.41, 5.74) is -2.02. The molecule has 11 heteroatoms. The Morgan fingerprint density at radius 3 is 2.59 bits per heavy atom. The number of anilines is 3. The standard InChI is InChI=1S/C26H26FN3O6S/c1-13-9-10-17(36-13)20(18-8-4-12-37-18)29-22-21(23(31)24(22)32)28-15-6-2-5-14(19(15)27)25(33)30-11-3-7-16(30)26(34)35/h2,5-6,9-10,16,18,20,28-29H,3-4,7-8,11-12H2,1H3,(H,34,35)/t16-,18+,20+/m0/s1. The van der Waals surface area contributed by atoms with Gasteiger partial charge in [-0.2, -0.15) is 11.8 Å². The van der Waals surface area contributed by atoms with Crippen LogP contribution < -0.4 is 21.5 Å². The lowest BCUT2D eigenvalue weighted by Gasteiger charge is -2.25. The largest absolute Gasteiger partial charge is 0.480 e. The quantitative estimate of drug-likeness (QED) is 0.375. The summed E-state index contributed by atoms with van der Waals surface area (Å²) in [4.78, 5) is 50.6. The summed E-state index contributed by atoms with van der Waals surface area (Å²) in [7, 11) is 0. The minimum Gasteiger partial charge on any atom is -0.480 e. The zero-order chi connectivity index (χ0) is 26.3. The number of hydrogen-bond acceptors (Lipinski definition) is 8. The summed E-state index contributed by atoms with van der Waals surface area (Å²) in [5.74, 6) is -0.450. The molecule has 0 bridgehead atoms. The molecule has 1 amide bonds. The molecule has 0 radical (unpaired) electrons. The zero-order valence-corrected chi connectivity index (χ0v) is 20.9. The number of hydrogen-bond donors (Lipinski definition) is 3. The molecule has 9 nitrogen and oxygen atoms in total. The van der Waals surface area contributed by atoms with Crippen molar-refractivity contribution in [2.24, 2.45) is 0 Å². The number of rotatable bonds is 8. The molecule has 3 N–H and O–H groups in total. The van der Waals surface area contributed by atoms with Crippen molar-refractivity contribution in [3.8, 4) is 0 Å². The van der Waals surface area contributed by atoms with Gasteiger partial charge in [0.05, 0.1) is 17.3 Å². The van der Waals surface area contributed by atoms with Gasteiger partial charge in [-0.1, -0.05) is 6.07 Å². The van der Waals surface area contributed by atoms with Gasteiger partial charge in [-0.15, -0.1) is 0 Å². The van der Waals surface area contributed by atoms with E-state index in [2.05, 4.69) is 10.6 Å². The van der Waals surface area contributed by atoms with E-state index in [9.17, 15) is 24.3 Å². The highest BCUT2D eigenvalue weighted by molar-refractivity contribution is 8.00. The van der Waals surface area contributed by atoms with Crippen LogP contribution in [-0.4, -0.2) is 45.5 Å². The predicted molar refractivity (Wildman–Crippen MR) is 138 cm³/mol. The lowest BCUT2D eigenvalue weighted by atomic mass is 10.0. The lowest BCUT2D eigenvalue weighted by Crippen LogP contribution is -2.41. The Hall–Kier alpha value is -3.60. The number of likely N-dealkylation sites (tertiary alicyclic amines) is 1. The van der Waals surface area contributed by atoms with Crippen LogP contribution in [0.15, 0.2) is 44.3 Å². The molecule has 3 heterocycles. The first-order chi connectivity index (χ1) is 17.8. The van der Waals surface area contributed by atoms with E-state index in [1.807, 2.05) is 19.1 Å². The molecular formula is C26H26FN3O6S. The molecular weight excluding hydrogens is 501 g/mol. The van der Waals surface area contributed by atoms with Crippen molar-refractivity contribution >= 4 is 40.7 Å². The van der Waals surface area contributed by atoms with E-state index in [0.29, 0.717) is 18.6 Å². The van der Waals surface area contributed by atoms with Crippen LogP contribution in [0.3, 0.4) is 0 Å². The first-order valence-electron chi connectivity index (χ1n) is 12.1. The molecule has 2 saturated heterocycles. The molecule has 1 aromatic heterocycles. The van der Waals surface area contributed by atoms with Crippen LogP contribution in [0, 0.1) is 12.7 Å². The van der Waals surface area contributed by atoms with Crippen molar-refractivity contribution in [1.29, 1.82) is 0 Å². The van der Waals surface area contributed by atoms with Gasteiger partial charge in [0.1, 0.15) is 28.9 Å². The van der Waals surface area contributed by atoms with Gasteiger partial charge in [-0.05, 0) is 62.6 Å². The molecule has 0 aliphatic carbocycles. The summed E-state index contributed by atoms with van der Waals surface area (Å²) in [6, 6.07) is 6.36. The van der Waals surface area contributed by atoms with E-state index in [4.69, 9.17) is 4.42 Å². The normalized spacial score (nSPS) is 20.3. The SMILES string of the molecule is Cc1ccc([C@@H](Nc2c(Nc3cccc(C(=O)N4CCC[C@H]4C(=O)O)c3F)c(=O)c2=O)[C@H]2CCCS2)o1. The number of nitrogens with one attached hydrogen (secondary N) is 2. The Labute approximate surface area is 215 Å². The number of nitrogens with zero attached hydrogens (tertiary/aromatic N) is 1. The average Bonchev–Trinajstić information content (AvgIpc) is 3.66. The second-order valence-electron chi connectivity index (χ2n) is 9.32. The Morgan fingerprint density at radius 2 is 1.92 bits per heavy atom. The molecule has 3 atom stereocenters. The monoisotopic (exact) mass is 527 g/mol. The van der Waals surface area contributed by atoms with Crippen LogP contribution in [0.25, 0.3) is 0 Å². The molecule has 194 valence electrons. The number of aliphatic carboxylic acids is 1. The molecule has 0 saturated carbocycles. The van der Waals surface area contributed by atoms with Gasteiger partial charge in [0.2, 0.25) is 0 Å². The third-order valence-electron chi connectivity index (χ3n) is 6.90. The van der Waals surface area contributed by atoms with E-state index >= 15 is 4.39 Å². The summed E-state index contributed by atoms with van der Waals surface area (Å²) in [6.07, 6.45) is 2.74. The molecule has 2 fully saturated rings. The molecule has 3 aromatic rings. The van der Waals surface area contributed by atoms with Crippen LogP contribution in [0.1, 0.15) is 53.6 Å². The van der Waals surface area contributed by atoms with Gasteiger partial charge < -0.3 is 25.1 Å². The van der Waals surface area contributed by atoms with Crippen molar-refractivity contribution in [2.45, 2.75) is 49.9 Å². The van der Waals surface area contributed by atoms with E-state index in [0.717, 1.165) is 29.3 Å². The van der Waals surface area contributed by atoms with Crippen molar-refractivity contribution in [3.05, 3.63) is 73.7 Å². The van der Waals surface area contributed by atoms with Gasteiger partial charge in [0.15, 0.2) is 5.82 Å². The second-order valence-corrected chi connectivity index (χ2v) is 10.7. The fourth-order valence-corrected chi connectivity index (χ4v) is 6.35. The predicted octanol–water partition coefficient (Wildman–Crippen LogP) is 3.80. The number of halogens is 1. The molecule has 0 spiro atoms. The Balaban J connectivity index is 1.42.